The summed E-state index contributed by atoms with van der Waals surface area (Å²) in [5, 5.41) is 9.63. The van der Waals surface area contributed by atoms with Gasteiger partial charge in [-0.2, -0.15) is 0 Å². The summed E-state index contributed by atoms with van der Waals surface area (Å²) in [4.78, 5) is 3.88. The van der Waals surface area contributed by atoms with Crippen molar-refractivity contribution in [3.63, 3.8) is 0 Å². The van der Waals surface area contributed by atoms with Crippen LogP contribution in [0.2, 0.25) is 0 Å². The van der Waals surface area contributed by atoms with E-state index in [1.165, 1.54) is 12.1 Å². The molecule has 1 heterocycles. The molecule has 0 aliphatic rings. The average Bonchev–Trinajstić information content (AvgIpc) is 2.42. The summed E-state index contributed by atoms with van der Waals surface area (Å²) in [6.45, 7) is 0. The second-order valence-electron chi connectivity index (χ2n) is 4.19. The van der Waals surface area contributed by atoms with Crippen molar-refractivity contribution in [2.45, 2.75) is 6.42 Å². The maximum atomic E-state index is 12.0. The molecule has 0 spiro atoms. The number of phenols is 1. The number of nitrogens with zero attached hydrogens (tertiary/aromatic N) is 1. The maximum Gasteiger partial charge on any atom is 0.233 e. The van der Waals surface area contributed by atoms with Crippen molar-refractivity contribution >= 4 is 31.6 Å². The minimum Gasteiger partial charge on any atom is -0.506 e. The normalized spacial score (nSPS) is 11.2. The number of aromatic hydroxyl groups is 1. The molecule has 2 aromatic rings. The minimum absolute atomic E-state index is 0.0665. The molecule has 0 saturated carbocycles. The van der Waals surface area contributed by atoms with Gasteiger partial charge in [0.2, 0.25) is 10.0 Å². The van der Waals surface area contributed by atoms with E-state index in [1.807, 2.05) is 0 Å². The molecule has 0 fully saturated rings. The summed E-state index contributed by atoms with van der Waals surface area (Å²) < 4.78 is 27.0. The fourth-order valence-corrected chi connectivity index (χ4v) is 3.08. The van der Waals surface area contributed by atoms with Crippen molar-refractivity contribution in [1.82, 2.24) is 4.98 Å². The number of aryl methyl sites for hydroxylation is 1. The third kappa shape index (κ3) is 4.21. The van der Waals surface area contributed by atoms with Crippen molar-refractivity contribution < 1.29 is 13.5 Å². The first-order valence-corrected chi connectivity index (χ1v) is 8.29. The topological polar surface area (TPSA) is 79.3 Å². The molecule has 0 radical (unpaired) electrons. The van der Waals surface area contributed by atoms with Crippen LogP contribution in [-0.2, 0) is 16.4 Å². The summed E-state index contributed by atoms with van der Waals surface area (Å²) in [5.41, 5.74) is 1.05. The lowest BCUT2D eigenvalue weighted by Gasteiger charge is -2.10. The Labute approximate surface area is 125 Å². The van der Waals surface area contributed by atoms with Crippen LogP contribution in [0.3, 0.4) is 0 Å². The highest BCUT2D eigenvalue weighted by Crippen LogP contribution is 2.27. The van der Waals surface area contributed by atoms with Gasteiger partial charge in [-0.15, -0.1) is 0 Å². The first-order valence-electron chi connectivity index (χ1n) is 5.84. The maximum absolute atomic E-state index is 12.0. The third-order valence-corrected chi connectivity index (χ3v) is 4.40. The number of anilines is 1. The molecular weight excluding hydrogens is 344 g/mol. The van der Waals surface area contributed by atoms with Gasteiger partial charge in [-0.1, -0.05) is 15.9 Å². The highest BCUT2D eigenvalue weighted by molar-refractivity contribution is 9.10. The lowest BCUT2D eigenvalue weighted by atomic mass is 10.2. The molecule has 0 atom stereocenters. The van der Waals surface area contributed by atoms with E-state index in [0.29, 0.717) is 10.9 Å². The zero-order valence-electron chi connectivity index (χ0n) is 10.5. The highest BCUT2D eigenvalue weighted by Gasteiger charge is 2.13. The number of rotatable bonds is 5. The predicted octanol–water partition coefficient (Wildman–Crippen LogP) is 2.53. The van der Waals surface area contributed by atoms with E-state index in [0.717, 1.165) is 5.56 Å². The van der Waals surface area contributed by atoms with Gasteiger partial charge in [0.1, 0.15) is 5.75 Å². The summed E-state index contributed by atoms with van der Waals surface area (Å²) in [6, 6.07) is 8.10. The molecule has 1 aromatic carbocycles. The van der Waals surface area contributed by atoms with Gasteiger partial charge in [0.25, 0.3) is 0 Å². The molecule has 0 aliphatic heterocycles. The lowest BCUT2D eigenvalue weighted by molar-refractivity contribution is 0.477. The van der Waals surface area contributed by atoms with Gasteiger partial charge in [0, 0.05) is 16.9 Å². The SMILES string of the molecule is O=S(=O)(CCc1ccncc1)Nc1cc(Br)ccc1O. The summed E-state index contributed by atoms with van der Waals surface area (Å²) in [6.07, 6.45) is 3.62. The Hall–Kier alpha value is -1.60. The van der Waals surface area contributed by atoms with Crippen molar-refractivity contribution in [1.29, 1.82) is 0 Å². The van der Waals surface area contributed by atoms with Crippen LogP contribution in [0.15, 0.2) is 47.2 Å². The van der Waals surface area contributed by atoms with Gasteiger partial charge in [0.05, 0.1) is 11.4 Å². The zero-order chi connectivity index (χ0) is 14.6. The zero-order valence-corrected chi connectivity index (χ0v) is 12.9. The average molecular weight is 357 g/mol. The second kappa shape index (κ2) is 6.23. The van der Waals surface area contributed by atoms with Gasteiger partial charge in [-0.25, -0.2) is 8.42 Å². The number of phenolic OH excluding ortho intramolecular Hbond substituents is 1. The fourth-order valence-electron chi connectivity index (χ4n) is 1.61. The number of hydrogen-bond acceptors (Lipinski definition) is 4. The third-order valence-electron chi connectivity index (χ3n) is 2.63. The van der Waals surface area contributed by atoms with E-state index in [2.05, 4.69) is 25.6 Å². The number of nitrogens with one attached hydrogen (secondary N) is 1. The molecule has 1 aromatic heterocycles. The number of pyridine rings is 1. The Morgan fingerprint density at radius 1 is 1.20 bits per heavy atom. The summed E-state index contributed by atoms with van der Waals surface area (Å²) >= 11 is 3.23. The van der Waals surface area contributed by atoms with E-state index in [-0.39, 0.29) is 17.2 Å². The van der Waals surface area contributed by atoms with Crippen LogP contribution in [0.4, 0.5) is 5.69 Å². The second-order valence-corrected chi connectivity index (χ2v) is 6.95. The van der Waals surface area contributed by atoms with Crippen LogP contribution in [0, 0.1) is 0 Å². The molecule has 0 bridgehead atoms. The van der Waals surface area contributed by atoms with E-state index < -0.39 is 10.0 Å². The van der Waals surface area contributed by atoms with E-state index >= 15 is 0 Å². The van der Waals surface area contributed by atoms with Crippen LogP contribution in [0.5, 0.6) is 5.75 Å². The molecule has 0 saturated heterocycles. The number of aromatic nitrogens is 1. The van der Waals surface area contributed by atoms with Gasteiger partial charge < -0.3 is 5.11 Å². The quantitative estimate of drug-likeness (QED) is 0.806. The molecule has 2 rings (SSSR count). The Morgan fingerprint density at radius 3 is 2.60 bits per heavy atom. The fraction of sp³-hybridized carbons (Fsp3) is 0.154. The van der Waals surface area contributed by atoms with Crippen molar-refractivity contribution in [3.05, 3.63) is 52.8 Å². The summed E-state index contributed by atoms with van der Waals surface area (Å²) in [7, 11) is -3.52. The van der Waals surface area contributed by atoms with E-state index in [1.54, 1.807) is 30.6 Å². The molecule has 0 amide bonds. The standard InChI is InChI=1S/C13H13BrN2O3S/c14-11-1-2-13(17)12(9-11)16-20(18,19)8-5-10-3-6-15-7-4-10/h1-4,6-7,9,16-17H,5,8H2. The minimum atomic E-state index is -3.52. The molecule has 0 unspecified atom stereocenters. The molecule has 7 heteroatoms. The first-order chi connectivity index (χ1) is 9.46. The predicted molar refractivity (Wildman–Crippen MR) is 81.2 cm³/mol. The molecule has 5 nitrogen and oxygen atoms in total. The van der Waals surface area contributed by atoms with Gasteiger partial charge in [-0.05, 0) is 42.3 Å². The number of sulfonamides is 1. The molecule has 2 N–H and O–H groups in total. The van der Waals surface area contributed by atoms with Crippen molar-refractivity contribution in [2.24, 2.45) is 0 Å². The van der Waals surface area contributed by atoms with Crippen molar-refractivity contribution in [3.8, 4) is 5.75 Å². The van der Waals surface area contributed by atoms with Crippen molar-refractivity contribution in [2.75, 3.05) is 10.5 Å². The smallest absolute Gasteiger partial charge is 0.233 e. The molecule has 0 aliphatic carbocycles. The monoisotopic (exact) mass is 356 g/mol. The number of benzene rings is 1. The van der Waals surface area contributed by atoms with Crippen LogP contribution in [-0.4, -0.2) is 24.3 Å². The summed E-state index contributed by atoms with van der Waals surface area (Å²) in [5.74, 6) is -0.177. The van der Waals surface area contributed by atoms with Crippen LogP contribution < -0.4 is 4.72 Å². The lowest BCUT2D eigenvalue weighted by Crippen LogP contribution is -2.18. The van der Waals surface area contributed by atoms with Gasteiger partial charge in [0.15, 0.2) is 0 Å². The van der Waals surface area contributed by atoms with Crippen LogP contribution in [0.25, 0.3) is 0 Å². The van der Waals surface area contributed by atoms with E-state index in [9.17, 15) is 13.5 Å². The molecule has 20 heavy (non-hydrogen) atoms. The molecule has 106 valence electrons. The Morgan fingerprint density at radius 2 is 1.90 bits per heavy atom. The molecular formula is C13H13BrN2O3S. The Kier molecular flexibility index (Phi) is 4.61. The number of halogens is 1. The van der Waals surface area contributed by atoms with Gasteiger partial charge >= 0.3 is 0 Å². The van der Waals surface area contributed by atoms with Crippen LogP contribution >= 0.6 is 15.9 Å². The first kappa shape index (κ1) is 14.8. The highest BCUT2D eigenvalue weighted by atomic mass is 79.9. The van der Waals surface area contributed by atoms with Gasteiger partial charge in [-0.3, -0.25) is 9.71 Å². The Balaban J connectivity index is 2.06. The van der Waals surface area contributed by atoms with E-state index in [4.69, 9.17) is 0 Å². The van der Waals surface area contributed by atoms with Crippen LogP contribution in [0.1, 0.15) is 5.56 Å². The Bertz CT molecular complexity index is 690. The number of hydrogen-bond donors (Lipinski definition) is 2. The largest absolute Gasteiger partial charge is 0.506 e.